The van der Waals surface area contributed by atoms with Crippen LogP contribution in [0.1, 0.15) is 24.5 Å². The second kappa shape index (κ2) is 8.26. The molecule has 3 aromatic rings. The summed E-state index contributed by atoms with van der Waals surface area (Å²) in [6.07, 6.45) is 5.77. The number of hydrogen-bond acceptors (Lipinski definition) is 1. The van der Waals surface area contributed by atoms with Gasteiger partial charge in [0.2, 0.25) is 5.91 Å². The lowest BCUT2D eigenvalue weighted by atomic mass is 9.98. The molecule has 3 aromatic carbocycles. The maximum atomic E-state index is 12.6. The van der Waals surface area contributed by atoms with Gasteiger partial charge in [-0.05, 0) is 41.2 Å². The minimum absolute atomic E-state index is 0.0778. The molecule has 1 aliphatic heterocycles. The molecule has 1 saturated heterocycles. The van der Waals surface area contributed by atoms with Crippen molar-refractivity contribution in [2.75, 3.05) is 0 Å². The van der Waals surface area contributed by atoms with E-state index in [1.807, 2.05) is 48.4 Å². The third kappa shape index (κ3) is 4.07. The number of amides is 1. The Kier molecular flexibility index (Phi) is 5.38. The van der Waals surface area contributed by atoms with Gasteiger partial charge in [-0.25, -0.2) is 0 Å². The average molecular weight is 367 g/mol. The van der Waals surface area contributed by atoms with Crippen LogP contribution in [0.4, 0.5) is 0 Å². The van der Waals surface area contributed by atoms with E-state index in [0.717, 1.165) is 18.4 Å². The number of carbonyl (C=O) groups excluding carboxylic acids is 1. The largest absolute Gasteiger partial charge is 0.315 e. The van der Waals surface area contributed by atoms with E-state index in [9.17, 15) is 4.79 Å². The van der Waals surface area contributed by atoms with Crippen LogP contribution in [-0.4, -0.2) is 16.8 Å². The molecule has 0 N–H and O–H groups in total. The number of carbonyl (C=O) groups is 1. The minimum Gasteiger partial charge on any atom is -0.315 e. The van der Waals surface area contributed by atoms with E-state index >= 15 is 0 Å². The third-order valence-corrected chi connectivity index (χ3v) is 5.45. The summed E-state index contributed by atoms with van der Waals surface area (Å²) in [7, 11) is 0. The molecule has 0 aliphatic carbocycles. The van der Waals surface area contributed by atoms with E-state index in [1.54, 1.807) is 0 Å². The summed E-state index contributed by atoms with van der Waals surface area (Å²) < 4.78 is 0. The highest BCUT2D eigenvalue weighted by atomic mass is 16.2. The summed E-state index contributed by atoms with van der Waals surface area (Å²) in [6.45, 7) is 2.03. The maximum absolute atomic E-state index is 12.6. The smallest absolute Gasteiger partial charge is 0.229 e. The van der Waals surface area contributed by atoms with Crippen molar-refractivity contribution >= 4 is 12.0 Å². The SMILES string of the molecule is CC1CC(Cc2ccc(-c3ccccc3)cc2)N(/C=C/c2ccccc2)C1=O. The van der Waals surface area contributed by atoms with Crippen LogP contribution in [0.2, 0.25) is 0 Å². The van der Waals surface area contributed by atoms with Crippen LogP contribution >= 0.6 is 0 Å². The fourth-order valence-electron chi connectivity index (χ4n) is 3.90. The van der Waals surface area contributed by atoms with Crippen molar-refractivity contribution < 1.29 is 4.79 Å². The molecule has 1 heterocycles. The fourth-order valence-corrected chi connectivity index (χ4v) is 3.90. The van der Waals surface area contributed by atoms with Crippen molar-refractivity contribution in [3.63, 3.8) is 0 Å². The highest BCUT2D eigenvalue weighted by Crippen LogP contribution is 2.28. The summed E-state index contributed by atoms with van der Waals surface area (Å²) in [4.78, 5) is 14.6. The van der Waals surface area contributed by atoms with E-state index < -0.39 is 0 Å². The standard InChI is InChI=1S/C26H25NO/c1-20-18-25(27(26(20)28)17-16-21-8-4-2-5-9-21)19-22-12-14-24(15-13-22)23-10-6-3-7-11-23/h2-17,20,25H,18-19H2,1H3/b17-16+. The van der Waals surface area contributed by atoms with Gasteiger partial charge >= 0.3 is 0 Å². The lowest BCUT2D eigenvalue weighted by Crippen LogP contribution is -2.30. The number of benzene rings is 3. The van der Waals surface area contributed by atoms with Gasteiger partial charge in [0.1, 0.15) is 0 Å². The van der Waals surface area contributed by atoms with Gasteiger partial charge < -0.3 is 4.90 Å². The van der Waals surface area contributed by atoms with Gasteiger partial charge in [0.05, 0.1) is 0 Å². The molecule has 2 heteroatoms. The second-order valence-electron chi connectivity index (χ2n) is 7.53. The van der Waals surface area contributed by atoms with Crippen molar-refractivity contribution in [3.8, 4) is 11.1 Å². The summed E-state index contributed by atoms with van der Waals surface area (Å²) in [5, 5.41) is 0. The van der Waals surface area contributed by atoms with Gasteiger partial charge in [0.15, 0.2) is 0 Å². The summed E-state index contributed by atoms with van der Waals surface area (Å²) in [6, 6.07) is 29.5. The lowest BCUT2D eigenvalue weighted by molar-refractivity contribution is -0.129. The highest BCUT2D eigenvalue weighted by molar-refractivity contribution is 5.83. The van der Waals surface area contributed by atoms with Crippen molar-refractivity contribution in [1.82, 2.24) is 4.90 Å². The van der Waals surface area contributed by atoms with Gasteiger partial charge in [-0.1, -0.05) is 91.9 Å². The van der Waals surface area contributed by atoms with Crippen LogP contribution in [-0.2, 0) is 11.2 Å². The van der Waals surface area contributed by atoms with Crippen LogP contribution in [0, 0.1) is 5.92 Å². The Morgan fingerprint density at radius 1 is 0.857 bits per heavy atom. The van der Waals surface area contributed by atoms with E-state index in [-0.39, 0.29) is 17.9 Å². The van der Waals surface area contributed by atoms with Gasteiger partial charge in [-0.15, -0.1) is 0 Å². The highest BCUT2D eigenvalue weighted by Gasteiger charge is 2.35. The molecule has 0 bridgehead atoms. The molecule has 0 spiro atoms. The molecule has 4 rings (SSSR count). The summed E-state index contributed by atoms with van der Waals surface area (Å²) >= 11 is 0. The molecule has 2 nitrogen and oxygen atoms in total. The second-order valence-corrected chi connectivity index (χ2v) is 7.53. The Labute approximate surface area is 167 Å². The quantitative estimate of drug-likeness (QED) is 0.558. The van der Waals surface area contributed by atoms with Crippen molar-refractivity contribution in [3.05, 3.63) is 102 Å². The van der Waals surface area contributed by atoms with Crippen LogP contribution in [0.15, 0.2) is 91.1 Å². The normalized spacial score (nSPS) is 19.5. The molecule has 2 unspecified atom stereocenters. The molecule has 0 saturated carbocycles. The van der Waals surface area contributed by atoms with Gasteiger partial charge in [0.25, 0.3) is 0 Å². The number of nitrogens with zero attached hydrogens (tertiary/aromatic N) is 1. The first kappa shape index (κ1) is 18.2. The third-order valence-electron chi connectivity index (χ3n) is 5.45. The molecule has 28 heavy (non-hydrogen) atoms. The first-order chi connectivity index (χ1) is 13.7. The Morgan fingerprint density at radius 2 is 1.46 bits per heavy atom. The van der Waals surface area contributed by atoms with Crippen LogP contribution in [0.5, 0.6) is 0 Å². The monoisotopic (exact) mass is 367 g/mol. The first-order valence-electron chi connectivity index (χ1n) is 9.90. The Morgan fingerprint density at radius 3 is 2.14 bits per heavy atom. The van der Waals surface area contributed by atoms with Gasteiger partial charge in [0, 0.05) is 18.2 Å². The zero-order valence-corrected chi connectivity index (χ0v) is 16.2. The van der Waals surface area contributed by atoms with Crippen molar-refractivity contribution in [2.45, 2.75) is 25.8 Å². The van der Waals surface area contributed by atoms with Crippen molar-refractivity contribution in [2.24, 2.45) is 5.92 Å². The van der Waals surface area contributed by atoms with Crippen LogP contribution < -0.4 is 0 Å². The lowest BCUT2D eigenvalue weighted by Gasteiger charge is -2.21. The fraction of sp³-hybridized carbons (Fsp3) is 0.192. The van der Waals surface area contributed by atoms with Crippen LogP contribution in [0.3, 0.4) is 0 Å². The zero-order chi connectivity index (χ0) is 19.3. The molecule has 140 valence electrons. The minimum atomic E-state index is 0.0778. The zero-order valence-electron chi connectivity index (χ0n) is 16.2. The molecule has 1 aliphatic rings. The van der Waals surface area contributed by atoms with E-state index in [4.69, 9.17) is 0 Å². The number of hydrogen-bond donors (Lipinski definition) is 0. The van der Waals surface area contributed by atoms with E-state index in [2.05, 4.69) is 60.7 Å². The molecule has 1 amide bonds. The topological polar surface area (TPSA) is 20.3 Å². The molecular formula is C26H25NO. The average Bonchev–Trinajstić information content (AvgIpc) is 3.01. The Bertz CT molecular complexity index is 945. The summed E-state index contributed by atoms with van der Waals surface area (Å²) in [5.74, 6) is 0.298. The molecule has 1 fully saturated rings. The predicted octanol–water partition coefficient (Wildman–Crippen LogP) is 5.80. The molecular weight excluding hydrogens is 342 g/mol. The molecule has 0 radical (unpaired) electrons. The van der Waals surface area contributed by atoms with Gasteiger partial charge in [-0.2, -0.15) is 0 Å². The maximum Gasteiger partial charge on any atom is 0.229 e. The molecule has 2 atom stereocenters. The Balaban J connectivity index is 1.49. The summed E-state index contributed by atoms with van der Waals surface area (Å²) in [5.41, 5.74) is 4.83. The number of likely N-dealkylation sites (tertiary alicyclic amines) is 1. The van der Waals surface area contributed by atoms with Crippen LogP contribution in [0.25, 0.3) is 17.2 Å². The van der Waals surface area contributed by atoms with Crippen molar-refractivity contribution in [1.29, 1.82) is 0 Å². The van der Waals surface area contributed by atoms with E-state index in [0.29, 0.717) is 0 Å². The Hall–Kier alpha value is -3.13. The predicted molar refractivity (Wildman–Crippen MR) is 115 cm³/mol. The molecule has 0 aromatic heterocycles. The van der Waals surface area contributed by atoms with E-state index in [1.165, 1.54) is 16.7 Å². The number of rotatable bonds is 5. The van der Waals surface area contributed by atoms with Gasteiger partial charge in [-0.3, -0.25) is 4.79 Å². The first-order valence-corrected chi connectivity index (χ1v) is 9.90.